The largest absolute Gasteiger partial charge is 0.336 e. The summed E-state index contributed by atoms with van der Waals surface area (Å²) in [6.45, 7) is 0. The minimum atomic E-state index is -2.46. The number of nitrogens with zero attached hydrogens (tertiary/aromatic N) is 3. The van der Waals surface area contributed by atoms with Gasteiger partial charge in [-0.25, -0.2) is 4.98 Å². The van der Waals surface area contributed by atoms with Crippen LogP contribution in [0.3, 0.4) is 0 Å². The molecule has 0 unspecified atom stereocenters. The number of alkyl halides is 2. The third-order valence-electron chi connectivity index (χ3n) is 3.10. The molecule has 0 aliphatic rings. The van der Waals surface area contributed by atoms with E-state index in [-0.39, 0.29) is 5.71 Å². The molecule has 1 heterocycles. The fourth-order valence-electron chi connectivity index (χ4n) is 2.03. The van der Waals surface area contributed by atoms with Gasteiger partial charge in [0.1, 0.15) is 6.07 Å². The standard InChI is InChI=1S/C16H11F2N5S/c17-16(18)24-11-7-5-10(6-8-11)22-23-14(9-19)15-20-12-3-1-2-4-13(12)21-15/h1-8,16,22H,(H,20,21)/b23-14+. The van der Waals surface area contributed by atoms with Gasteiger partial charge < -0.3 is 4.98 Å². The maximum absolute atomic E-state index is 12.3. The monoisotopic (exact) mass is 343 g/mol. The molecule has 0 fully saturated rings. The van der Waals surface area contributed by atoms with Crippen molar-refractivity contribution in [2.75, 3.05) is 5.43 Å². The van der Waals surface area contributed by atoms with Crippen molar-refractivity contribution >= 4 is 34.2 Å². The molecule has 0 saturated heterocycles. The molecule has 0 aliphatic heterocycles. The van der Waals surface area contributed by atoms with Crippen LogP contribution < -0.4 is 5.43 Å². The highest BCUT2D eigenvalue weighted by Crippen LogP contribution is 2.26. The molecule has 1 aromatic heterocycles. The molecule has 0 spiro atoms. The molecular formula is C16H11F2N5S. The normalized spacial score (nSPS) is 11.7. The van der Waals surface area contributed by atoms with Crippen molar-refractivity contribution < 1.29 is 8.78 Å². The summed E-state index contributed by atoms with van der Waals surface area (Å²) in [5.41, 5.74) is 4.95. The molecule has 5 nitrogen and oxygen atoms in total. The van der Waals surface area contributed by atoms with Crippen LogP contribution in [0.15, 0.2) is 58.5 Å². The average Bonchev–Trinajstić information content (AvgIpc) is 3.00. The van der Waals surface area contributed by atoms with Crippen molar-refractivity contribution in [2.45, 2.75) is 10.7 Å². The van der Waals surface area contributed by atoms with Crippen LogP contribution in [0.4, 0.5) is 14.5 Å². The Morgan fingerprint density at radius 1 is 1.21 bits per heavy atom. The summed E-state index contributed by atoms with van der Waals surface area (Å²) in [7, 11) is 0. The minimum Gasteiger partial charge on any atom is -0.336 e. The molecule has 2 N–H and O–H groups in total. The van der Waals surface area contributed by atoms with Gasteiger partial charge in [0.2, 0.25) is 5.71 Å². The molecule has 24 heavy (non-hydrogen) atoms. The Balaban J connectivity index is 1.77. The third kappa shape index (κ3) is 3.70. The minimum absolute atomic E-state index is 0.0947. The average molecular weight is 343 g/mol. The van der Waals surface area contributed by atoms with E-state index >= 15 is 0 Å². The Labute approximate surface area is 140 Å². The topological polar surface area (TPSA) is 76.9 Å². The van der Waals surface area contributed by atoms with Crippen LogP contribution in [-0.4, -0.2) is 21.4 Å². The zero-order chi connectivity index (χ0) is 16.9. The lowest BCUT2D eigenvalue weighted by molar-refractivity contribution is 0.252. The summed E-state index contributed by atoms with van der Waals surface area (Å²) in [5, 5.41) is 13.3. The summed E-state index contributed by atoms with van der Waals surface area (Å²) in [6.07, 6.45) is 0. The van der Waals surface area contributed by atoms with Crippen LogP contribution in [0.25, 0.3) is 11.0 Å². The van der Waals surface area contributed by atoms with E-state index in [9.17, 15) is 14.0 Å². The number of anilines is 1. The first-order valence-corrected chi connectivity index (χ1v) is 7.77. The Morgan fingerprint density at radius 2 is 1.96 bits per heavy atom. The lowest BCUT2D eigenvalue weighted by Gasteiger charge is -2.03. The Bertz CT molecular complexity index is 879. The second kappa shape index (κ2) is 7.10. The summed E-state index contributed by atoms with van der Waals surface area (Å²) in [5.74, 6) is -2.10. The van der Waals surface area contributed by atoms with E-state index < -0.39 is 5.76 Å². The molecule has 3 rings (SSSR count). The van der Waals surface area contributed by atoms with Crippen LogP contribution >= 0.6 is 11.8 Å². The van der Waals surface area contributed by atoms with E-state index in [1.54, 1.807) is 24.3 Å². The maximum atomic E-state index is 12.3. The number of nitriles is 1. The van der Waals surface area contributed by atoms with Gasteiger partial charge in [-0.3, -0.25) is 5.43 Å². The SMILES string of the molecule is N#C/C(=N\Nc1ccc(SC(F)F)cc1)c1nc2ccccc2[nH]1. The Hall–Kier alpha value is -2.92. The van der Waals surface area contributed by atoms with E-state index in [2.05, 4.69) is 20.5 Å². The van der Waals surface area contributed by atoms with Crippen molar-refractivity contribution in [1.82, 2.24) is 9.97 Å². The molecule has 120 valence electrons. The predicted octanol–water partition coefficient (Wildman–Crippen LogP) is 4.22. The molecule has 2 aromatic carbocycles. The second-order valence-electron chi connectivity index (χ2n) is 4.69. The van der Waals surface area contributed by atoms with Gasteiger partial charge in [0, 0.05) is 4.90 Å². The Kier molecular flexibility index (Phi) is 4.72. The maximum Gasteiger partial charge on any atom is 0.288 e. The zero-order valence-corrected chi connectivity index (χ0v) is 13.0. The fraction of sp³-hybridized carbons (Fsp3) is 0.0625. The number of thioether (sulfide) groups is 1. The summed E-state index contributed by atoms with van der Waals surface area (Å²) < 4.78 is 24.6. The number of hydrogen-bond acceptors (Lipinski definition) is 5. The van der Waals surface area contributed by atoms with Crippen LogP contribution in [0.5, 0.6) is 0 Å². The van der Waals surface area contributed by atoms with E-state index in [0.29, 0.717) is 28.2 Å². The number of aromatic amines is 1. The van der Waals surface area contributed by atoms with Gasteiger partial charge in [-0.1, -0.05) is 23.9 Å². The van der Waals surface area contributed by atoms with E-state index in [1.165, 1.54) is 0 Å². The number of halogens is 2. The zero-order valence-electron chi connectivity index (χ0n) is 12.2. The summed E-state index contributed by atoms with van der Waals surface area (Å²) in [6, 6.07) is 15.7. The highest BCUT2D eigenvalue weighted by atomic mass is 32.2. The highest BCUT2D eigenvalue weighted by Gasteiger charge is 2.09. The number of imidazole rings is 1. The van der Waals surface area contributed by atoms with Gasteiger partial charge >= 0.3 is 0 Å². The number of benzene rings is 2. The number of rotatable bonds is 5. The number of fused-ring (bicyclic) bond motifs is 1. The number of aromatic nitrogens is 2. The molecule has 0 atom stereocenters. The van der Waals surface area contributed by atoms with Gasteiger partial charge in [-0.05, 0) is 36.4 Å². The van der Waals surface area contributed by atoms with Crippen molar-refractivity contribution in [3.8, 4) is 6.07 Å². The number of nitrogens with one attached hydrogen (secondary N) is 2. The smallest absolute Gasteiger partial charge is 0.288 e. The molecule has 0 amide bonds. The molecule has 0 aliphatic carbocycles. The number of H-pyrrole nitrogens is 1. The predicted molar refractivity (Wildman–Crippen MR) is 90.2 cm³/mol. The number of para-hydroxylation sites is 2. The molecule has 8 heteroatoms. The van der Waals surface area contributed by atoms with Crippen LogP contribution in [0.1, 0.15) is 5.82 Å². The first-order chi connectivity index (χ1) is 11.7. The van der Waals surface area contributed by atoms with Gasteiger partial charge in [0.15, 0.2) is 5.82 Å². The Morgan fingerprint density at radius 3 is 2.62 bits per heavy atom. The highest BCUT2D eigenvalue weighted by molar-refractivity contribution is 7.99. The van der Waals surface area contributed by atoms with Crippen LogP contribution in [-0.2, 0) is 0 Å². The van der Waals surface area contributed by atoms with E-state index in [4.69, 9.17) is 0 Å². The first-order valence-electron chi connectivity index (χ1n) is 6.89. The molecule has 3 aromatic rings. The van der Waals surface area contributed by atoms with Crippen molar-refractivity contribution in [3.05, 3.63) is 54.4 Å². The van der Waals surface area contributed by atoms with Crippen molar-refractivity contribution in [3.63, 3.8) is 0 Å². The summed E-state index contributed by atoms with van der Waals surface area (Å²) in [4.78, 5) is 7.79. The second-order valence-corrected chi connectivity index (χ2v) is 5.75. The fourth-order valence-corrected chi connectivity index (χ4v) is 2.53. The third-order valence-corrected chi connectivity index (χ3v) is 3.82. The lowest BCUT2D eigenvalue weighted by Crippen LogP contribution is -2.03. The lowest BCUT2D eigenvalue weighted by atomic mass is 10.3. The number of hydrogen-bond donors (Lipinski definition) is 2. The molecule has 0 saturated carbocycles. The number of hydrazone groups is 1. The molecule has 0 bridgehead atoms. The van der Waals surface area contributed by atoms with Crippen LogP contribution in [0, 0.1) is 11.3 Å². The molecular weight excluding hydrogens is 332 g/mol. The van der Waals surface area contributed by atoms with E-state index in [1.807, 2.05) is 30.3 Å². The van der Waals surface area contributed by atoms with Crippen molar-refractivity contribution in [2.24, 2.45) is 5.10 Å². The van der Waals surface area contributed by atoms with Gasteiger partial charge in [-0.2, -0.15) is 19.1 Å². The summed E-state index contributed by atoms with van der Waals surface area (Å²) >= 11 is 0.471. The van der Waals surface area contributed by atoms with Crippen LogP contribution in [0.2, 0.25) is 0 Å². The van der Waals surface area contributed by atoms with Gasteiger partial charge in [-0.15, -0.1) is 0 Å². The van der Waals surface area contributed by atoms with Gasteiger partial charge in [0.25, 0.3) is 5.76 Å². The van der Waals surface area contributed by atoms with Gasteiger partial charge in [0.05, 0.1) is 16.7 Å². The first kappa shape index (κ1) is 16.0. The van der Waals surface area contributed by atoms with E-state index in [0.717, 1.165) is 11.0 Å². The van der Waals surface area contributed by atoms with Crippen molar-refractivity contribution in [1.29, 1.82) is 5.26 Å². The quantitative estimate of drug-likeness (QED) is 0.413. The molecule has 0 radical (unpaired) electrons.